The molecule has 0 aliphatic carbocycles. The van der Waals surface area contributed by atoms with Crippen LogP contribution >= 0.6 is 0 Å². The van der Waals surface area contributed by atoms with E-state index in [4.69, 9.17) is 10.5 Å². The fraction of sp³-hybridized carbons (Fsp3) is 0.308. The Morgan fingerprint density at radius 3 is 2.80 bits per heavy atom. The van der Waals surface area contributed by atoms with Crippen LogP contribution in [0.5, 0.6) is 6.01 Å². The third kappa shape index (κ3) is 3.31. The maximum absolute atomic E-state index is 12.7. The van der Waals surface area contributed by atoms with E-state index < -0.39 is 5.95 Å². The number of aryl methyl sites for hydroxylation is 1. The van der Waals surface area contributed by atoms with Gasteiger partial charge in [0.15, 0.2) is 5.82 Å². The lowest BCUT2D eigenvalue weighted by Crippen LogP contribution is -2.09. The van der Waals surface area contributed by atoms with Crippen molar-refractivity contribution >= 4 is 11.5 Å². The third-order valence-electron chi connectivity index (χ3n) is 2.64. The molecule has 6 nitrogen and oxygen atoms in total. The molecule has 0 amide bonds. The summed E-state index contributed by atoms with van der Waals surface area (Å²) in [4.78, 5) is 11.9. The van der Waals surface area contributed by atoms with E-state index in [0.29, 0.717) is 30.4 Å². The Labute approximate surface area is 116 Å². The van der Waals surface area contributed by atoms with Crippen LogP contribution in [0.4, 0.5) is 15.9 Å². The molecule has 2 heterocycles. The molecule has 2 aromatic rings. The molecule has 3 N–H and O–H groups in total. The predicted molar refractivity (Wildman–Crippen MR) is 73.9 cm³/mol. The summed E-state index contributed by atoms with van der Waals surface area (Å²) in [6.45, 7) is 4.54. The van der Waals surface area contributed by atoms with E-state index in [1.54, 1.807) is 13.0 Å². The second-order valence-corrected chi connectivity index (χ2v) is 4.13. The second kappa shape index (κ2) is 6.14. The van der Waals surface area contributed by atoms with Gasteiger partial charge in [0.2, 0.25) is 5.95 Å². The monoisotopic (exact) mass is 277 g/mol. The standard InChI is InChI=1S/C13H16FN5O/c1-3-20-13-18-8(2)11(15)12(19-13)17-7-9-4-5-10(14)16-6-9/h4-6H,3,7,15H2,1-2H3,(H,17,18,19). The Kier molecular flexibility index (Phi) is 4.29. The molecule has 0 aliphatic rings. The van der Waals surface area contributed by atoms with Crippen molar-refractivity contribution in [2.75, 3.05) is 17.7 Å². The zero-order valence-electron chi connectivity index (χ0n) is 11.4. The number of anilines is 2. The van der Waals surface area contributed by atoms with Crippen molar-refractivity contribution < 1.29 is 9.13 Å². The Hall–Kier alpha value is -2.44. The number of hydrogen-bond acceptors (Lipinski definition) is 6. The number of aromatic nitrogens is 3. The molecule has 0 saturated carbocycles. The summed E-state index contributed by atoms with van der Waals surface area (Å²) >= 11 is 0. The molecule has 2 rings (SSSR count). The van der Waals surface area contributed by atoms with E-state index in [-0.39, 0.29) is 6.01 Å². The van der Waals surface area contributed by atoms with Crippen LogP contribution in [-0.4, -0.2) is 21.6 Å². The van der Waals surface area contributed by atoms with E-state index in [1.807, 2.05) is 6.92 Å². The summed E-state index contributed by atoms with van der Waals surface area (Å²) in [5.74, 6) is -0.0185. The molecule has 0 atom stereocenters. The van der Waals surface area contributed by atoms with Crippen molar-refractivity contribution in [2.45, 2.75) is 20.4 Å². The van der Waals surface area contributed by atoms with Crippen molar-refractivity contribution in [3.05, 3.63) is 35.5 Å². The van der Waals surface area contributed by atoms with Crippen LogP contribution < -0.4 is 15.8 Å². The first-order valence-electron chi connectivity index (χ1n) is 6.21. The summed E-state index contributed by atoms with van der Waals surface area (Å²) in [5.41, 5.74) is 7.84. The quantitative estimate of drug-likeness (QED) is 0.812. The van der Waals surface area contributed by atoms with Crippen LogP contribution in [0.1, 0.15) is 18.2 Å². The zero-order chi connectivity index (χ0) is 14.5. The molecule has 0 aromatic carbocycles. The van der Waals surface area contributed by atoms with Crippen molar-refractivity contribution in [3.63, 3.8) is 0 Å². The van der Waals surface area contributed by atoms with Crippen molar-refractivity contribution in [3.8, 4) is 6.01 Å². The number of hydrogen-bond donors (Lipinski definition) is 2. The van der Waals surface area contributed by atoms with Gasteiger partial charge in [-0.1, -0.05) is 6.07 Å². The highest BCUT2D eigenvalue weighted by atomic mass is 19.1. The fourth-order valence-electron chi connectivity index (χ4n) is 1.58. The minimum atomic E-state index is -0.509. The summed E-state index contributed by atoms with van der Waals surface area (Å²) < 4.78 is 18.0. The topological polar surface area (TPSA) is 86.0 Å². The number of nitrogens with one attached hydrogen (secondary N) is 1. The van der Waals surface area contributed by atoms with Gasteiger partial charge in [0, 0.05) is 12.7 Å². The van der Waals surface area contributed by atoms with Crippen LogP contribution in [0.2, 0.25) is 0 Å². The number of nitrogens with two attached hydrogens (primary N) is 1. The third-order valence-corrected chi connectivity index (χ3v) is 2.64. The molecule has 0 saturated heterocycles. The van der Waals surface area contributed by atoms with Crippen LogP contribution in [0.25, 0.3) is 0 Å². The van der Waals surface area contributed by atoms with Crippen LogP contribution in [-0.2, 0) is 6.54 Å². The molecule has 0 radical (unpaired) electrons. The number of pyridine rings is 1. The number of rotatable bonds is 5. The number of nitrogens with zero attached hydrogens (tertiary/aromatic N) is 3. The van der Waals surface area contributed by atoms with E-state index in [2.05, 4.69) is 20.3 Å². The summed E-state index contributed by atoms with van der Waals surface area (Å²) in [7, 11) is 0. The minimum Gasteiger partial charge on any atom is -0.464 e. The van der Waals surface area contributed by atoms with Gasteiger partial charge in [0.05, 0.1) is 18.0 Å². The molecule has 0 aliphatic heterocycles. The van der Waals surface area contributed by atoms with Gasteiger partial charge < -0.3 is 15.8 Å². The number of halogens is 1. The Morgan fingerprint density at radius 1 is 1.35 bits per heavy atom. The normalized spacial score (nSPS) is 10.3. The molecule has 0 spiro atoms. The SMILES string of the molecule is CCOc1nc(C)c(N)c(NCc2ccc(F)nc2)n1. The van der Waals surface area contributed by atoms with Crippen molar-refractivity contribution in [1.29, 1.82) is 0 Å². The van der Waals surface area contributed by atoms with E-state index in [1.165, 1.54) is 12.3 Å². The highest BCUT2D eigenvalue weighted by molar-refractivity contribution is 5.64. The fourth-order valence-corrected chi connectivity index (χ4v) is 1.58. The molecule has 2 aromatic heterocycles. The van der Waals surface area contributed by atoms with Gasteiger partial charge in [-0.05, 0) is 25.5 Å². The first kappa shape index (κ1) is 14.0. The highest BCUT2D eigenvalue weighted by Crippen LogP contribution is 2.22. The first-order chi connectivity index (χ1) is 9.60. The van der Waals surface area contributed by atoms with Gasteiger partial charge in [0.25, 0.3) is 0 Å². The molecule has 106 valence electrons. The summed E-state index contributed by atoms with van der Waals surface area (Å²) in [5, 5.41) is 3.07. The maximum Gasteiger partial charge on any atom is 0.318 e. The van der Waals surface area contributed by atoms with E-state index in [0.717, 1.165) is 5.56 Å². The van der Waals surface area contributed by atoms with Crippen LogP contribution in [0.15, 0.2) is 18.3 Å². The van der Waals surface area contributed by atoms with Crippen molar-refractivity contribution in [1.82, 2.24) is 15.0 Å². The minimum absolute atomic E-state index is 0.277. The molecular formula is C13H16FN5O. The molecule has 7 heteroatoms. The molecule has 0 unspecified atom stereocenters. The van der Waals surface area contributed by atoms with Gasteiger partial charge >= 0.3 is 6.01 Å². The molecule has 20 heavy (non-hydrogen) atoms. The predicted octanol–water partition coefficient (Wildman–Crippen LogP) is 1.91. The smallest absolute Gasteiger partial charge is 0.318 e. The van der Waals surface area contributed by atoms with Crippen LogP contribution in [0.3, 0.4) is 0 Å². The highest BCUT2D eigenvalue weighted by Gasteiger charge is 2.09. The lowest BCUT2D eigenvalue weighted by molar-refractivity contribution is 0.312. The maximum atomic E-state index is 12.7. The first-order valence-corrected chi connectivity index (χ1v) is 6.21. The number of ether oxygens (including phenoxy) is 1. The van der Waals surface area contributed by atoms with Gasteiger partial charge in [-0.2, -0.15) is 14.4 Å². The van der Waals surface area contributed by atoms with Gasteiger partial charge in [-0.25, -0.2) is 4.98 Å². The Balaban J connectivity index is 2.13. The lowest BCUT2D eigenvalue weighted by atomic mass is 10.3. The largest absolute Gasteiger partial charge is 0.464 e. The van der Waals surface area contributed by atoms with Gasteiger partial charge in [-0.15, -0.1) is 0 Å². The Morgan fingerprint density at radius 2 is 2.15 bits per heavy atom. The second-order valence-electron chi connectivity index (χ2n) is 4.13. The summed E-state index contributed by atoms with van der Waals surface area (Å²) in [6.07, 6.45) is 1.45. The molecule has 0 fully saturated rings. The number of nitrogen functional groups attached to an aromatic ring is 1. The lowest BCUT2D eigenvalue weighted by Gasteiger charge is -2.11. The zero-order valence-corrected chi connectivity index (χ0v) is 11.4. The molecule has 0 bridgehead atoms. The Bertz CT molecular complexity index is 588. The van der Waals surface area contributed by atoms with Gasteiger partial charge in [0.1, 0.15) is 0 Å². The molecular weight excluding hydrogens is 261 g/mol. The van der Waals surface area contributed by atoms with Crippen molar-refractivity contribution in [2.24, 2.45) is 0 Å². The van der Waals surface area contributed by atoms with Crippen LogP contribution in [0, 0.1) is 12.9 Å². The average Bonchev–Trinajstić information content (AvgIpc) is 2.43. The van der Waals surface area contributed by atoms with E-state index >= 15 is 0 Å². The van der Waals surface area contributed by atoms with Gasteiger partial charge in [-0.3, -0.25) is 0 Å². The average molecular weight is 277 g/mol. The summed E-state index contributed by atoms with van der Waals surface area (Å²) in [6, 6.07) is 3.22. The van der Waals surface area contributed by atoms with E-state index in [9.17, 15) is 4.39 Å².